The number of rotatable bonds is 4. The molecule has 0 N–H and O–H groups in total. The Morgan fingerprint density at radius 1 is 0.321 bits per heavy atom. The van der Waals surface area contributed by atoms with Gasteiger partial charge >= 0.3 is 0 Å². The van der Waals surface area contributed by atoms with Crippen LogP contribution in [0.3, 0.4) is 0 Å². The average molecular weight is 675 g/mol. The number of hydrogen-bond acceptors (Lipinski definition) is 3. The van der Waals surface area contributed by atoms with E-state index in [1.807, 2.05) is 18.2 Å². The van der Waals surface area contributed by atoms with Crippen LogP contribution in [-0.2, 0) is 0 Å². The number of nitrogens with zero attached hydrogens (tertiary/aromatic N) is 4. The standard InChI is InChI=1S/C49H30N4/c1-2-13-34(14-3-1)47-50-48(37-27-24-32-23-26-33-25-22-31-12-6-7-17-38(31)46(33)41(32)29-37)52-49(51-47)42-28-35-15-4-5-16-36(35)30-45(42)53-43-20-10-8-18-39(43)40-19-9-11-21-44(40)53/h1-30H. The molecule has 246 valence electrons. The third-order valence-electron chi connectivity index (χ3n) is 10.6. The van der Waals surface area contributed by atoms with Crippen LogP contribution >= 0.6 is 0 Å². The molecule has 53 heavy (non-hydrogen) atoms. The Morgan fingerprint density at radius 3 is 1.55 bits per heavy atom. The van der Waals surface area contributed by atoms with Gasteiger partial charge in [-0.05, 0) is 73.4 Å². The zero-order chi connectivity index (χ0) is 34.9. The number of hydrogen-bond donors (Lipinski definition) is 0. The van der Waals surface area contributed by atoms with Gasteiger partial charge in [0.2, 0.25) is 0 Å². The van der Waals surface area contributed by atoms with Crippen LogP contribution in [0.1, 0.15) is 0 Å². The first-order valence-corrected chi connectivity index (χ1v) is 17.9. The second kappa shape index (κ2) is 11.7. The zero-order valence-corrected chi connectivity index (χ0v) is 28.6. The molecular formula is C49H30N4. The number of aromatic nitrogens is 4. The fourth-order valence-electron chi connectivity index (χ4n) is 8.08. The predicted molar refractivity (Wildman–Crippen MR) is 220 cm³/mol. The van der Waals surface area contributed by atoms with Crippen LogP contribution in [0, 0.1) is 0 Å². The van der Waals surface area contributed by atoms with Gasteiger partial charge in [-0.15, -0.1) is 0 Å². The molecule has 0 spiro atoms. The van der Waals surface area contributed by atoms with Crippen molar-refractivity contribution in [2.75, 3.05) is 0 Å². The number of benzene rings is 9. The van der Waals surface area contributed by atoms with Crippen molar-refractivity contribution in [1.29, 1.82) is 0 Å². The molecule has 0 saturated carbocycles. The molecule has 4 nitrogen and oxygen atoms in total. The molecular weight excluding hydrogens is 645 g/mol. The fourth-order valence-corrected chi connectivity index (χ4v) is 8.08. The van der Waals surface area contributed by atoms with Crippen LogP contribution in [0.15, 0.2) is 182 Å². The molecule has 0 unspecified atom stereocenters. The lowest BCUT2D eigenvalue weighted by molar-refractivity contribution is 1.07. The van der Waals surface area contributed by atoms with E-state index < -0.39 is 0 Å². The van der Waals surface area contributed by atoms with Crippen molar-refractivity contribution in [3.05, 3.63) is 182 Å². The summed E-state index contributed by atoms with van der Waals surface area (Å²) < 4.78 is 2.37. The highest BCUT2D eigenvalue weighted by Crippen LogP contribution is 2.39. The van der Waals surface area contributed by atoms with Crippen molar-refractivity contribution in [2.45, 2.75) is 0 Å². The Morgan fingerprint density at radius 2 is 0.830 bits per heavy atom. The van der Waals surface area contributed by atoms with Gasteiger partial charge in [-0.2, -0.15) is 0 Å². The molecule has 0 aliphatic rings. The van der Waals surface area contributed by atoms with Gasteiger partial charge in [-0.1, -0.05) is 152 Å². The van der Waals surface area contributed by atoms with Gasteiger partial charge in [0.1, 0.15) is 0 Å². The van der Waals surface area contributed by atoms with E-state index >= 15 is 0 Å². The monoisotopic (exact) mass is 674 g/mol. The Balaban J connectivity index is 1.22. The Hall–Kier alpha value is -7.17. The molecule has 11 rings (SSSR count). The molecule has 0 amide bonds. The van der Waals surface area contributed by atoms with Gasteiger partial charge in [0.25, 0.3) is 0 Å². The summed E-state index contributed by atoms with van der Waals surface area (Å²) in [6.45, 7) is 0. The van der Waals surface area contributed by atoms with Gasteiger partial charge in [-0.3, -0.25) is 0 Å². The van der Waals surface area contributed by atoms with E-state index in [0.29, 0.717) is 17.5 Å². The molecule has 0 bridgehead atoms. The minimum absolute atomic E-state index is 0.625. The van der Waals surface area contributed by atoms with E-state index in [2.05, 4.69) is 168 Å². The molecule has 9 aromatic carbocycles. The van der Waals surface area contributed by atoms with Crippen molar-refractivity contribution < 1.29 is 0 Å². The molecule has 11 aromatic rings. The third kappa shape index (κ3) is 4.73. The third-order valence-corrected chi connectivity index (χ3v) is 10.6. The van der Waals surface area contributed by atoms with Gasteiger partial charge in [0.15, 0.2) is 17.5 Å². The topological polar surface area (TPSA) is 43.6 Å². The second-order valence-corrected chi connectivity index (χ2v) is 13.6. The van der Waals surface area contributed by atoms with Crippen molar-refractivity contribution in [3.63, 3.8) is 0 Å². The van der Waals surface area contributed by atoms with E-state index in [9.17, 15) is 0 Å². The lowest BCUT2D eigenvalue weighted by Crippen LogP contribution is -2.04. The number of fused-ring (bicyclic) bond motifs is 9. The van der Waals surface area contributed by atoms with Crippen LogP contribution in [0.2, 0.25) is 0 Å². The average Bonchev–Trinajstić information content (AvgIpc) is 3.57. The molecule has 0 saturated heterocycles. The first-order chi connectivity index (χ1) is 26.3. The minimum Gasteiger partial charge on any atom is -0.308 e. The van der Waals surface area contributed by atoms with Crippen molar-refractivity contribution in [3.8, 4) is 39.9 Å². The SMILES string of the molecule is c1ccc(-c2nc(-c3ccc4ccc5ccc6ccccc6c5c4c3)nc(-c3cc4ccccc4cc3-n3c4ccccc4c4ccccc43)n2)cc1. The summed E-state index contributed by atoms with van der Waals surface area (Å²) >= 11 is 0. The summed E-state index contributed by atoms with van der Waals surface area (Å²) in [5.74, 6) is 1.89. The van der Waals surface area contributed by atoms with E-state index in [0.717, 1.165) is 44.2 Å². The van der Waals surface area contributed by atoms with Crippen LogP contribution in [0.5, 0.6) is 0 Å². The molecule has 2 heterocycles. The lowest BCUT2D eigenvalue weighted by atomic mass is 9.95. The predicted octanol–water partition coefficient (Wildman–Crippen LogP) is 12.6. The Labute approximate surface area is 305 Å². The highest BCUT2D eigenvalue weighted by molar-refractivity contribution is 6.20. The lowest BCUT2D eigenvalue weighted by Gasteiger charge is -2.16. The maximum Gasteiger partial charge on any atom is 0.166 e. The Kier molecular flexibility index (Phi) is 6.52. The Bertz CT molecular complexity index is 3170. The number of para-hydroxylation sites is 2. The van der Waals surface area contributed by atoms with Crippen LogP contribution in [0.25, 0.3) is 105 Å². The molecule has 0 atom stereocenters. The van der Waals surface area contributed by atoms with Crippen LogP contribution < -0.4 is 0 Å². The molecule has 4 heteroatoms. The first-order valence-electron chi connectivity index (χ1n) is 17.9. The van der Waals surface area contributed by atoms with Crippen molar-refractivity contribution in [2.24, 2.45) is 0 Å². The highest BCUT2D eigenvalue weighted by atomic mass is 15.1. The molecule has 0 aliphatic carbocycles. The molecule has 0 radical (unpaired) electrons. The van der Waals surface area contributed by atoms with E-state index in [1.54, 1.807) is 0 Å². The summed E-state index contributed by atoms with van der Waals surface area (Å²) in [5, 5.41) is 12.0. The van der Waals surface area contributed by atoms with Crippen molar-refractivity contribution in [1.82, 2.24) is 19.5 Å². The van der Waals surface area contributed by atoms with Gasteiger partial charge in [0, 0.05) is 27.5 Å². The van der Waals surface area contributed by atoms with E-state index in [1.165, 1.54) is 43.1 Å². The summed E-state index contributed by atoms with van der Waals surface area (Å²) in [7, 11) is 0. The quantitative estimate of drug-likeness (QED) is 0.175. The fraction of sp³-hybridized carbons (Fsp3) is 0. The molecule has 0 aliphatic heterocycles. The van der Waals surface area contributed by atoms with Gasteiger partial charge in [0.05, 0.1) is 16.7 Å². The normalized spacial score (nSPS) is 11.8. The van der Waals surface area contributed by atoms with Gasteiger partial charge < -0.3 is 4.57 Å². The van der Waals surface area contributed by atoms with Crippen LogP contribution in [0.4, 0.5) is 0 Å². The second-order valence-electron chi connectivity index (χ2n) is 13.6. The summed E-state index contributed by atoms with van der Waals surface area (Å²) in [4.78, 5) is 15.8. The maximum atomic E-state index is 5.35. The van der Waals surface area contributed by atoms with Gasteiger partial charge in [-0.25, -0.2) is 15.0 Å². The van der Waals surface area contributed by atoms with E-state index in [4.69, 9.17) is 15.0 Å². The summed E-state index contributed by atoms with van der Waals surface area (Å²) in [6, 6.07) is 64.6. The largest absolute Gasteiger partial charge is 0.308 e. The summed E-state index contributed by atoms with van der Waals surface area (Å²) in [6.07, 6.45) is 0. The smallest absolute Gasteiger partial charge is 0.166 e. The first kappa shape index (κ1) is 29.5. The highest BCUT2D eigenvalue weighted by Gasteiger charge is 2.20. The molecule has 2 aromatic heterocycles. The van der Waals surface area contributed by atoms with E-state index in [-0.39, 0.29) is 0 Å². The maximum absolute atomic E-state index is 5.35. The molecule has 0 fully saturated rings. The van der Waals surface area contributed by atoms with Crippen LogP contribution in [-0.4, -0.2) is 19.5 Å². The van der Waals surface area contributed by atoms with Crippen molar-refractivity contribution >= 4 is 64.9 Å². The zero-order valence-electron chi connectivity index (χ0n) is 28.6. The minimum atomic E-state index is 0.625. The summed E-state index contributed by atoms with van der Waals surface area (Å²) in [5.41, 5.74) is 6.11.